The van der Waals surface area contributed by atoms with Crippen molar-refractivity contribution in [1.29, 1.82) is 0 Å². The Hall–Kier alpha value is -1.80. The summed E-state index contributed by atoms with van der Waals surface area (Å²) in [6.07, 6.45) is -10.7. The fourth-order valence-electron chi connectivity index (χ4n) is 1.52. The summed E-state index contributed by atoms with van der Waals surface area (Å²) in [4.78, 5) is 14.1. The van der Waals surface area contributed by atoms with Gasteiger partial charge >= 0.3 is 18.3 Å². The first kappa shape index (κ1) is 16.3. The number of aromatic nitrogens is 1. The minimum atomic E-state index is -5.05. The third-order valence-corrected chi connectivity index (χ3v) is 2.29. The van der Waals surface area contributed by atoms with Gasteiger partial charge in [-0.15, -0.1) is 0 Å². The number of hydrogen-bond acceptors (Lipinski definition) is 3. The van der Waals surface area contributed by atoms with Gasteiger partial charge in [-0.2, -0.15) is 26.3 Å². The van der Waals surface area contributed by atoms with Crippen LogP contribution in [-0.2, 0) is 28.3 Å². The predicted molar refractivity (Wildman–Crippen MR) is 54.6 cm³/mol. The van der Waals surface area contributed by atoms with E-state index in [0.29, 0.717) is 0 Å². The normalized spacial score (nSPS) is 12.3. The van der Waals surface area contributed by atoms with Crippen molar-refractivity contribution in [3.8, 4) is 0 Å². The van der Waals surface area contributed by atoms with Crippen molar-refractivity contribution in [3.05, 3.63) is 29.1 Å². The molecule has 0 amide bonds. The van der Waals surface area contributed by atoms with E-state index in [9.17, 15) is 31.1 Å². The molecule has 0 aliphatic rings. The lowest BCUT2D eigenvalue weighted by Crippen LogP contribution is -2.20. The van der Waals surface area contributed by atoms with Crippen LogP contribution in [0.3, 0.4) is 0 Å². The van der Waals surface area contributed by atoms with E-state index < -0.39 is 41.4 Å². The van der Waals surface area contributed by atoms with Gasteiger partial charge in [0.05, 0.1) is 24.2 Å². The number of esters is 1. The van der Waals surface area contributed by atoms with Crippen LogP contribution < -0.4 is 0 Å². The lowest BCUT2D eigenvalue weighted by molar-refractivity contribution is -0.147. The highest BCUT2D eigenvalue weighted by Crippen LogP contribution is 2.38. The number of pyridine rings is 1. The molecule has 0 spiro atoms. The molecule has 0 unspecified atom stereocenters. The van der Waals surface area contributed by atoms with Crippen molar-refractivity contribution in [2.24, 2.45) is 0 Å². The van der Waals surface area contributed by atoms with Gasteiger partial charge in [0.25, 0.3) is 0 Å². The topological polar surface area (TPSA) is 39.2 Å². The summed E-state index contributed by atoms with van der Waals surface area (Å²) in [7, 11) is 0. The van der Waals surface area contributed by atoms with E-state index in [0.717, 1.165) is 0 Å². The van der Waals surface area contributed by atoms with Crippen LogP contribution in [0.5, 0.6) is 0 Å². The second-order valence-corrected chi connectivity index (χ2v) is 3.69. The van der Waals surface area contributed by atoms with Crippen LogP contribution in [0.2, 0.25) is 0 Å². The Balaban J connectivity index is 3.37. The van der Waals surface area contributed by atoms with Crippen LogP contribution in [-0.4, -0.2) is 17.6 Å². The largest absolute Gasteiger partial charge is 0.466 e. The summed E-state index contributed by atoms with van der Waals surface area (Å²) in [5, 5.41) is 0. The van der Waals surface area contributed by atoms with E-state index in [4.69, 9.17) is 0 Å². The van der Waals surface area contributed by atoms with E-state index in [1.807, 2.05) is 0 Å². The van der Waals surface area contributed by atoms with Gasteiger partial charge in [0.2, 0.25) is 0 Å². The molecule has 0 radical (unpaired) electrons. The number of carbonyl (C=O) groups is 1. The zero-order chi connectivity index (χ0) is 15.6. The van der Waals surface area contributed by atoms with Crippen molar-refractivity contribution >= 4 is 5.97 Å². The zero-order valence-corrected chi connectivity index (χ0v) is 10.1. The number of halogens is 6. The Morgan fingerprint density at radius 2 is 1.55 bits per heavy atom. The highest BCUT2D eigenvalue weighted by molar-refractivity contribution is 5.73. The quantitative estimate of drug-likeness (QED) is 0.635. The molecular formula is C11H9F6NO2. The van der Waals surface area contributed by atoms with Crippen LogP contribution in [0.15, 0.2) is 12.4 Å². The van der Waals surface area contributed by atoms with Gasteiger partial charge in [0, 0.05) is 12.4 Å². The molecule has 1 aromatic heterocycles. The summed E-state index contributed by atoms with van der Waals surface area (Å²) >= 11 is 0. The molecule has 0 saturated heterocycles. The summed E-state index contributed by atoms with van der Waals surface area (Å²) in [6.45, 7) is 1.24. The zero-order valence-electron chi connectivity index (χ0n) is 10.1. The maximum atomic E-state index is 12.7. The van der Waals surface area contributed by atoms with Gasteiger partial charge < -0.3 is 4.74 Å². The fraction of sp³-hybridized carbons (Fsp3) is 0.455. The first-order valence-electron chi connectivity index (χ1n) is 5.34. The van der Waals surface area contributed by atoms with Crippen molar-refractivity contribution in [2.75, 3.05) is 6.61 Å². The molecule has 0 saturated carbocycles. The Kier molecular flexibility index (Phi) is 4.61. The van der Waals surface area contributed by atoms with Gasteiger partial charge in [0.15, 0.2) is 0 Å². The fourth-order valence-corrected chi connectivity index (χ4v) is 1.52. The average Bonchev–Trinajstić information content (AvgIpc) is 2.26. The van der Waals surface area contributed by atoms with Crippen molar-refractivity contribution in [2.45, 2.75) is 25.7 Å². The first-order chi connectivity index (χ1) is 9.07. The monoisotopic (exact) mass is 301 g/mol. The summed E-state index contributed by atoms with van der Waals surface area (Å²) in [5.74, 6) is -1.17. The highest BCUT2D eigenvalue weighted by Gasteiger charge is 2.41. The van der Waals surface area contributed by atoms with Crippen LogP contribution in [0.4, 0.5) is 26.3 Å². The number of alkyl halides is 6. The number of carbonyl (C=O) groups excluding carboxylic acids is 1. The molecule has 0 N–H and O–H groups in total. The van der Waals surface area contributed by atoms with Gasteiger partial charge in [-0.1, -0.05) is 0 Å². The SMILES string of the molecule is CCOC(=O)Cc1c(C(F)(F)F)cncc1C(F)(F)F. The third-order valence-electron chi connectivity index (χ3n) is 2.29. The van der Waals surface area contributed by atoms with E-state index >= 15 is 0 Å². The highest BCUT2D eigenvalue weighted by atomic mass is 19.4. The van der Waals surface area contributed by atoms with E-state index in [-0.39, 0.29) is 19.0 Å². The Morgan fingerprint density at radius 3 is 1.90 bits per heavy atom. The maximum Gasteiger partial charge on any atom is 0.418 e. The molecule has 112 valence electrons. The first-order valence-corrected chi connectivity index (χ1v) is 5.34. The van der Waals surface area contributed by atoms with E-state index in [1.165, 1.54) is 6.92 Å². The van der Waals surface area contributed by atoms with E-state index in [1.54, 1.807) is 0 Å². The van der Waals surface area contributed by atoms with Crippen LogP contribution in [0.25, 0.3) is 0 Å². The lowest BCUT2D eigenvalue weighted by Gasteiger charge is -2.17. The third kappa shape index (κ3) is 3.84. The Morgan fingerprint density at radius 1 is 1.10 bits per heavy atom. The van der Waals surface area contributed by atoms with Crippen molar-refractivity contribution in [3.63, 3.8) is 0 Å². The van der Waals surface area contributed by atoms with Gasteiger partial charge in [-0.05, 0) is 12.5 Å². The molecule has 1 aromatic rings. The minimum Gasteiger partial charge on any atom is -0.466 e. The van der Waals surface area contributed by atoms with Gasteiger partial charge in [-0.25, -0.2) is 0 Å². The number of ether oxygens (including phenoxy) is 1. The van der Waals surface area contributed by atoms with E-state index in [2.05, 4.69) is 9.72 Å². The molecule has 0 fully saturated rings. The number of rotatable bonds is 3. The molecule has 0 aromatic carbocycles. The molecule has 0 atom stereocenters. The van der Waals surface area contributed by atoms with Crippen molar-refractivity contribution < 1.29 is 35.9 Å². The summed E-state index contributed by atoms with van der Waals surface area (Å²) in [6, 6.07) is 0. The summed E-state index contributed by atoms with van der Waals surface area (Å²) in [5.41, 5.74) is -4.38. The molecule has 20 heavy (non-hydrogen) atoms. The molecule has 3 nitrogen and oxygen atoms in total. The number of hydrogen-bond donors (Lipinski definition) is 0. The molecule has 0 aliphatic heterocycles. The molecule has 9 heteroatoms. The molecule has 1 heterocycles. The van der Waals surface area contributed by atoms with Crippen LogP contribution >= 0.6 is 0 Å². The minimum absolute atomic E-state index is 0.146. The second kappa shape index (κ2) is 5.68. The summed E-state index contributed by atoms with van der Waals surface area (Å²) < 4.78 is 80.5. The lowest BCUT2D eigenvalue weighted by atomic mass is 10.0. The average molecular weight is 301 g/mol. The number of nitrogens with zero attached hydrogens (tertiary/aromatic N) is 1. The van der Waals surface area contributed by atoms with Crippen molar-refractivity contribution in [1.82, 2.24) is 4.98 Å². The Bertz CT molecular complexity index is 462. The second-order valence-electron chi connectivity index (χ2n) is 3.69. The maximum absolute atomic E-state index is 12.7. The molecular weight excluding hydrogens is 292 g/mol. The van der Waals surface area contributed by atoms with Gasteiger partial charge in [0.1, 0.15) is 0 Å². The molecule has 1 rings (SSSR count). The standard InChI is InChI=1S/C11H9F6NO2/c1-2-20-9(19)3-6-7(10(12,13)14)4-18-5-8(6)11(15,16)17/h4-5H,2-3H2,1H3. The smallest absolute Gasteiger partial charge is 0.418 e. The van der Waals surface area contributed by atoms with Gasteiger partial charge in [-0.3, -0.25) is 9.78 Å². The predicted octanol–water partition coefficient (Wildman–Crippen LogP) is 3.22. The Labute approximate surface area is 109 Å². The van der Waals surface area contributed by atoms with Crippen LogP contribution in [0, 0.1) is 0 Å². The molecule has 0 aliphatic carbocycles. The van der Waals surface area contributed by atoms with Crippen LogP contribution in [0.1, 0.15) is 23.6 Å². The molecule has 0 bridgehead atoms.